The molecule has 3 heteroatoms. The molecule has 0 unspecified atom stereocenters. The highest BCUT2D eigenvalue weighted by Crippen LogP contribution is 2.55. The van der Waals surface area contributed by atoms with Gasteiger partial charge in [0.1, 0.15) is 0 Å². The minimum absolute atomic E-state index is 0.158. The number of rotatable bonds is 3. The molecule has 1 saturated heterocycles. The average molecular weight is 284 g/mol. The van der Waals surface area contributed by atoms with Gasteiger partial charge in [-0.15, -0.1) is 0 Å². The van der Waals surface area contributed by atoms with E-state index in [0.717, 1.165) is 51.6 Å². The third-order valence-electron chi connectivity index (χ3n) is 5.57. The molecule has 2 saturated carbocycles. The van der Waals surface area contributed by atoms with Gasteiger partial charge in [0.05, 0.1) is 5.41 Å². The zero-order valence-corrected chi connectivity index (χ0v) is 12.6. The van der Waals surface area contributed by atoms with Crippen LogP contribution in [-0.2, 0) is 15.7 Å². The third-order valence-corrected chi connectivity index (χ3v) is 5.57. The molecule has 2 aliphatic carbocycles. The van der Waals surface area contributed by atoms with E-state index in [2.05, 4.69) is 29.2 Å². The summed E-state index contributed by atoms with van der Waals surface area (Å²) in [5.74, 6) is 0.360. The molecule has 1 amide bonds. The van der Waals surface area contributed by atoms with Gasteiger partial charge in [0, 0.05) is 18.6 Å². The number of carbonyl (C=O) groups is 1. The Morgan fingerprint density at radius 1 is 0.952 bits per heavy atom. The summed E-state index contributed by atoms with van der Waals surface area (Å²) < 4.78 is 0. The first-order chi connectivity index (χ1) is 10.2. The molecule has 4 rings (SSSR count). The fraction of sp³-hybridized carbons (Fsp3) is 0.611. The van der Waals surface area contributed by atoms with E-state index in [0.29, 0.717) is 5.91 Å². The van der Waals surface area contributed by atoms with Crippen molar-refractivity contribution in [2.75, 3.05) is 13.1 Å². The molecule has 3 fully saturated rings. The first kappa shape index (κ1) is 13.3. The van der Waals surface area contributed by atoms with Gasteiger partial charge in [-0.1, -0.05) is 24.3 Å². The first-order valence-corrected chi connectivity index (χ1v) is 8.34. The Bertz CT molecular complexity index is 566. The summed E-state index contributed by atoms with van der Waals surface area (Å²) in [7, 11) is 0. The number of carbonyl (C=O) groups excluding carboxylic acids is 1. The maximum absolute atomic E-state index is 13.1. The van der Waals surface area contributed by atoms with E-state index >= 15 is 0 Å². The SMILES string of the molecule is NC1(c2ccccc2C2(C(=O)N3CCCCC3)CC2)CC1. The van der Waals surface area contributed by atoms with Crippen molar-refractivity contribution in [1.29, 1.82) is 0 Å². The monoisotopic (exact) mass is 284 g/mol. The van der Waals surface area contributed by atoms with Crippen molar-refractivity contribution in [3.05, 3.63) is 35.4 Å². The van der Waals surface area contributed by atoms with Crippen molar-refractivity contribution >= 4 is 5.91 Å². The molecule has 0 spiro atoms. The molecule has 1 aromatic rings. The van der Waals surface area contributed by atoms with Crippen molar-refractivity contribution in [2.24, 2.45) is 5.73 Å². The predicted octanol–water partition coefficient (Wildman–Crippen LogP) is 2.68. The molecule has 3 nitrogen and oxygen atoms in total. The highest BCUT2D eigenvalue weighted by Gasteiger charge is 2.56. The molecular formula is C18H24N2O. The lowest BCUT2D eigenvalue weighted by Gasteiger charge is -2.32. The number of hydrogen-bond donors (Lipinski definition) is 1. The second-order valence-electron chi connectivity index (χ2n) is 7.14. The molecule has 0 atom stereocenters. The van der Waals surface area contributed by atoms with Gasteiger partial charge < -0.3 is 10.6 Å². The van der Waals surface area contributed by atoms with Gasteiger partial charge in [0.25, 0.3) is 0 Å². The van der Waals surface area contributed by atoms with Crippen LogP contribution >= 0.6 is 0 Å². The summed E-state index contributed by atoms with van der Waals surface area (Å²) in [6.07, 6.45) is 7.68. The first-order valence-electron chi connectivity index (χ1n) is 8.34. The zero-order chi connectivity index (χ0) is 14.5. The van der Waals surface area contributed by atoms with Crippen molar-refractivity contribution in [3.63, 3.8) is 0 Å². The number of likely N-dealkylation sites (tertiary alicyclic amines) is 1. The molecule has 1 heterocycles. The van der Waals surface area contributed by atoms with Crippen LogP contribution in [0.5, 0.6) is 0 Å². The van der Waals surface area contributed by atoms with Gasteiger partial charge in [-0.3, -0.25) is 4.79 Å². The van der Waals surface area contributed by atoms with Crippen LogP contribution in [0.25, 0.3) is 0 Å². The standard InChI is InChI=1S/C18H24N2O/c19-18(10-11-18)15-7-3-2-6-14(15)17(8-9-17)16(21)20-12-4-1-5-13-20/h2-3,6-7H,1,4-5,8-13,19H2. The Hall–Kier alpha value is -1.35. The lowest BCUT2D eigenvalue weighted by molar-refractivity contribution is -0.134. The zero-order valence-electron chi connectivity index (χ0n) is 12.6. The van der Waals surface area contributed by atoms with Gasteiger partial charge in [0.15, 0.2) is 0 Å². The molecule has 0 aromatic heterocycles. The van der Waals surface area contributed by atoms with E-state index in [9.17, 15) is 4.79 Å². The van der Waals surface area contributed by atoms with Crippen molar-refractivity contribution in [2.45, 2.75) is 55.9 Å². The number of nitrogens with two attached hydrogens (primary N) is 1. The number of benzene rings is 1. The summed E-state index contributed by atoms with van der Waals surface area (Å²) in [6.45, 7) is 1.88. The van der Waals surface area contributed by atoms with Gasteiger partial charge >= 0.3 is 0 Å². The Balaban J connectivity index is 1.68. The van der Waals surface area contributed by atoms with Gasteiger partial charge in [-0.2, -0.15) is 0 Å². The second kappa shape index (κ2) is 4.57. The molecular weight excluding hydrogens is 260 g/mol. The fourth-order valence-electron chi connectivity index (χ4n) is 3.86. The Morgan fingerprint density at radius 2 is 1.57 bits per heavy atom. The van der Waals surface area contributed by atoms with Crippen LogP contribution in [0.1, 0.15) is 56.1 Å². The molecule has 0 bridgehead atoms. The van der Waals surface area contributed by atoms with Crippen LogP contribution < -0.4 is 5.73 Å². The second-order valence-corrected chi connectivity index (χ2v) is 7.14. The summed E-state index contributed by atoms with van der Waals surface area (Å²) >= 11 is 0. The Labute approximate surface area is 126 Å². The van der Waals surface area contributed by atoms with E-state index in [-0.39, 0.29) is 11.0 Å². The smallest absolute Gasteiger partial charge is 0.233 e. The van der Waals surface area contributed by atoms with Gasteiger partial charge in [0.2, 0.25) is 5.91 Å². The summed E-state index contributed by atoms with van der Waals surface area (Å²) in [5, 5.41) is 0. The minimum atomic E-state index is -0.247. The van der Waals surface area contributed by atoms with Crippen LogP contribution in [-0.4, -0.2) is 23.9 Å². The molecule has 2 N–H and O–H groups in total. The molecule has 112 valence electrons. The number of hydrogen-bond acceptors (Lipinski definition) is 2. The van der Waals surface area contributed by atoms with Crippen LogP contribution in [0.4, 0.5) is 0 Å². The average Bonchev–Trinajstić information content (AvgIpc) is 3.44. The highest BCUT2D eigenvalue weighted by atomic mass is 16.2. The molecule has 1 aliphatic heterocycles. The van der Waals surface area contributed by atoms with E-state index in [1.165, 1.54) is 17.5 Å². The van der Waals surface area contributed by atoms with Crippen LogP contribution in [0.15, 0.2) is 24.3 Å². The largest absolute Gasteiger partial charge is 0.342 e. The highest BCUT2D eigenvalue weighted by molar-refractivity contribution is 5.92. The van der Waals surface area contributed by atoms with Gasteiger partial charge in [-0.05, 0) is 56.1 Å². The Kier molecular flexibility index (Phi) is 2.90. The van der Waals surface area contributed by atoms with Crippen LogP contribution in [0, 0.1) is 0 Å². The molecule has 21 heavy (non-hydrogen) atoms. The van der Waals surface area contributed by atoms with Crippen molar-refractivity contribution in [3.8, 4) is 0 Å². The molecule has 3 aliphatic rings. The number of piperidine rings is 1. The minimum Gasteiger partial charge on any atom is -0.342 e. The summed E-state index contributed by atoms with van der Waals surface area (Å²) in [4.78, 5) is 15.2. The normalized spacial score (nSPS) is 25.5. The quantitative estimate of drug-likeness (QED) is 0.927. The fourth-order valence-corrected chi connectivity index (χ4v) is 3.86. The molecule has 0 radical (unpaired) electrons. The molecule has 1 aromatic carbocycles. The van der Waals surface area contributed by atoms with E-state index in [4.69, 9.17) is 5.73 Å². The topological polar surface area (TPSA) is 46.3 Å². The lowest BCUT2D eigenvalue weighted by atomic mass is 9.86. The van der Waals surface area contributed by atoms with E-state index in [1.54, 1.807) is 0 Å². The number of amides is 1. The van der Waals surface area contributed by atoms with Crippen LogP contribution in [0.2, 0.25) is 0 Å². The Morgan fingerprint density at radius 3 is 2.14 bits per heavy atom. The van der Waals surface area contributed by atoms with Crippen molar-refractivity contribution < 1.29 is 4.79 Å². The van der Waals surface area contributed by atoms with Crippen molar-refractivity contribution in [1.82, 2.24) is 4.90 Å². The number of nitrogens with zero attached hydrogens (tertiary/aromatic N) is 1. The van der Waals surface area contributed by atoms with E-state index < -0.39 is 0 Å². The van der Waals surface area contributed by atoms with E-state index in [1.807, 2.05) is 0 Å². The predicted molar refractivity (Wildman–Crippen MR) is 82.9 cm³/mol. The maximum atomic E-state index is 13.1. The third kappa shape index (κ3) is 2.10. The summed E-state index contributed by atoms with van der Waals surface area (Å²) in [5.41, 5.74) is 8.49. The maximum Gasteiger partial charge on any atom is 0.233 e. The van der Waals surface area contributed by atoms with Crippen LogP contribution in [0.3, 0.4) is 0 Å². The lowest BCUT2D eigenvalue weighted by Crippen LogP contribution is -2.43. The van der Waals surface area contributed by atoms with Gasteiger partial charge in [-0.25, -0.2) is 0 Å². The summed E-state index contributed by atoms with van der Waals surface area (Å²) in [6, 6.07) is 8.42.